The van der Waals surface area contributed by atoms with Crippen molar-refractivity contribution in [2.24, 2.45) is 0 Å². The molecule has 156 valence electrons. The minimum absolute atomic E-state index is 0.190. The number of likely N-dealkylation sites (N-methyl/N-ethyl adjacent to an activating group) is 1. The van der Waals surface area contributed by atoms with Gasteiger partial charge in [-0.1, -0.05) is 24.0 Å². The molecule has 1 atom stereocenters. The molecule has 1 saturated heterocycles. The van der Waals surface area contributed by atoms with E-state index in [-0.39, 0.29) is 17.8 Å². The van der Waals surface area contributed by atoms with Gasteiger partial charge in [-0.05, 0) is 25.0 Å². The van der Waals surface area contributed by atoms with Gasteiger partial charge in [-0.15, -0.1) is 0 Å². The molecule has 3 N–H and O–H groups in total. The molecule has 3 aromatic rings. The van der Waals surface area contributed by atoms with Crippen LogP contribution >= 0.6 is 0 Å². The molecule has 5 rings (SSSR count). The zero-order valence-electron chi connectivity index (χ0n) is 17.0. The van der Waals surface area contributed by atoms with E-state index in [0.29, 0.717) is 41.0 Å². The van der Waals surface area contributed by atoms with Gasteiger partial charge in [-0.25, -0.2) is 15.0 Å². The Bertz CT molecular complexity index is 1260. The minimum atomic E-state index is -1.64. The third-order valence-corrected chi connectivity index (χ3v) is 5.48. The summed E-state index contributed by atoms with van der Waals surface area (Å²) < 4.78 is 6.05. The van der Waals surface area contributed by atoms with Gasteiger partial charge in [0.15, 0.2) is 5.82 Å². The van der Waals surface area contributed by atoms with Crippen molar-refractivity contribution in [1.82, 2.24) is 19.9 Å². The molecule has 0 bridgehead atoms. The molecule has 1 amide bonds. The van der Waals surface area contributed by atoms with Crippen molar-refractivity contribution in [1.29, 1.82) is 0 Å². The zero-order chi connectivity index (χ0) is 21.6. The quantitative estimate of drug-likeness (QED) is 0.627. The lowest BCUT2D eigenvalue weighted by atomic mass is 10.0. The number of rotatable bonds is 3. The largest absolute Gasteiger partial charge is 0.488 e. The summed E-state index contributed by atoms with van der Waals surface area (Å²) in [6.45, 7) is 0.484. The number of carbonyl (C=O) groups excluding carboxylic acids is 1. The van der Waals surface area contributed by atoms with Crippen LogP contribution in [0.4, 0.5) is 5.82 Å². The number of nitrogens with zero attached hydrogens (tertiary/aromatic N) is 4. The van der Waals surface area contributed by atoms with Gasteiger partial charge in [0.1, 0.15) is 23.1 Å². The first-order chi connectivity index (χ1) is 14.9. The summed E-state index contributed by atoms with van der Waals surface area (Å²) in [5.74, 6) is 6.23. The Morgan fingerprint density at radius 3 is 2.84 bits per heavy atom. The van der Waals surface area contributed by atoms with Gasteiger partial charge in [0, 0.05) is 37.2 Å². The zero-order valence-corrected chi connectivity index (χ0v) is 17.0. The number of carbonyl (C=O) groups is 1. The number of aliphatic hydroxyl groups is 1. The molecule has 0 unspecified atom stereocenters. The van der Waals surface area contributed by atoms with Crippen molar-refractivity contribution in [3.05, 3.63) is 42.2 Å². The number of likely N-dealkylation sites (tertiary alicyclic amines) is 1. The van der Waals surface area contributed by atoms with E-state index in [1.807, 2.05) is 30.3 Å². The lowest BCUT2D eigenvalue weighted by molar-refractivity contribution is -0.137. The molecule has 1 saturated carbocycles. The van der Waals surface area contributed by atoms with Gasteiger partial charge in [0.05, 0.1) is 11.8 Å². The molecule has 0 radical (unpaired) electrons. The minimum Gasteiger partial charge on any atom is -0.488 e. The van der Waals surface area contributed by atoms with Gasteiger partial charge < -0.3 is 20.5 Å². The van der Waals surface area contributed by atoms with Crippen LogP contribution in [0.2, 0.25) is 0 Å². The first kappa shape index (κ1) is 19.3. The monoisotopic (exact) mass is 415 g/mol. The molecule has 1 aliphatic carbocycles. The predicted molar refractivity (Wildman–Crippen MR) is 115 cm³/mol. The molecular formula is C23H21N5O3. The molecule has 31 heavy (non-hydrogen) atoms. The predicted octanol–water partition coefficient (Wildman–Crippen LogP) is 1.76. The maximum atomic E-state index is 12.1. The highest BCUT2D eigenvalue weighted by Crippen LogP contribution is 2.35. The molecular weight excluding hydrogens is 394 g/mol. The third kappa shape index (κ3) is 3.64. The van der Waals surface area contributed by atoms with E-state index in [9.17, 15) is 9.90 Å². The van der Waals surface area contributed by atoms with E-state index >= 15 is 0 Å². The van der Waals surface area contributed by atoms with E-state index in [1.54, 1.807) is 7.05 Å². The van der Waals surface area contributed by atoms with E-state index < -0.39 is 5.60 Å². The van der Waals surface area contributed by atoms with Crippen LogP contribution in [0, 0.1) is 11.8 Å². The Balaban J connectivity index is 1.54. The normalized spacial score (nSPS) is 20.6. The second kappa shape index (κ2) is 7.22. The van der Waals surface area contributed by atoms with Crippen molar-refractivity contribution >= 4 is 22.8 Å². The summed E-state index contributed by atoms with van der Waals surface area (Å²) in [7, 11) is 1.66. The summed E-state index contributed by atoms with van der Waals surface area (Å²) in [5, 5.41) is 10.5. The fourth-order valence-electron chi connectivity index (χ4n) is 3.53. The van der Waals surface area contributed by atoms with Crippen LogP contribution in [0.25, 0.3) is 22.3 Å². The topological polar surface area (TPSA) is 114 Å². The van der Waals surface area contributed by atoms with Gasteiger partial charge in [-0.2, -0.15) is 0 Å². The number of anilines is 1. The molecule has 8 nitrogen and oxygen atoms in total. The van der Waals surface area contributed by atoms with Crippen LogP contribution in [0.15, 0.2) is 36.7 Å². The van der Waals surface area contributed by atoms with Crippen LogP contribution in [0.1, 0.15) is 24.8 Å². The Morgan fingerprint density at radius 2 is 2.10 bits per heavy atom. The van der Waals surface area contributed by atoms with Crippen LogP contribution in [0.5, 0.6) is 5.75 Å². The Morgan fingerprint density at radius 1 is 1.26 bits per heavy atom. The summed E-state index contributed by atoms with van der Waals surface area (Å²) in [5.41, 5.74) is 7.61. The summed E-state index contributed by atoms with van der Waals surface area (Å²) in [6.07, 6.45) is 3.92. The molecule has 2 aromatic heterocycles. The summed E-state index contributed by atoms with van der Waals surface area (Å²) >= 11 is 0. The molecule has 1 aliphatic heterocycles. The van der Waals surface area contributed by atoms with Crippen molar-refractivity contribution in [3.8, 4) is 28.8 Å². The standard InChI is InChI=1S/C23H21N5O3/c1-28-10-9-23(30,22(28)29)8-7-14-3-2-4-15(11-14)17-12-18(31-16-5-6-16)19-20(27-17)21(24)26-13-25-19/h2-4,11-13,16,30H,5-6,9-10H2,1H3,(H2,24,25,26)/t23-/m0/s1. The fraction of sp³-hybridized carbons (Fsp3) is 0.304. The lowest BCUT2D eigenvalue weighted by Crippen LogP contribution is -2.37. The van der Waals surface area contributed by atoms with Gasteiger partial charge >= 0.3 is 0 Å². The number of pyridine rings is 1. The maximum absolute atomic E-state index is 12.1. The second-order valence-corrected chi connectivity index (χ2v) is 7.95. The van der Waals surface area contributed by atoms with Crippen LogP contribution < -0.4 is 10.5 Å². The number of aromatic nitrogens is 3. The van der Waals surface area contributed by atoms with Crippen molar-refractivity contribution in [3.63, 3.8) is 0 Å². The first-order valence-corrected chi connectivity index (χ1v) is 10.1. The van der Waals surface area contributed by atoms with Crippen LogP contribution in [0.3, 0.4) is 0 Å². The Hall–Kier alpha value is -3.70. The maximum Gasteiger partial charge on any atom is 0.267 e. The molecule has 2 aliphatic rings. The summed E-state index contributed by atoms with van der Waals surface area (Å²) in [6, 6.07) is 9.29. The SMILES string of the molecule is CN1CC[C@@](O)(C#Cc2cccc(-c3cc(OC4CC4)c4ncnc(N)c4n3)c2)C1=O. The smallest absolute Gasteiger partial charge is 0.267 e. The molecule has 8 heteroatoms. The van der Waals surface area contributed by atoms with E-state index in [0.717, 1.165) is 18.4 Å². The summed E-state index contributed by atoms with van der Waals surface area (Å²) in [4.78, 5) is 26.7. The van der Waals surface area contributed by atoms with Crippen LogP contribution in [-0.4, -0.2) is 56.2 Å². The molecule has 0 spiro atoms. The molecule has 2 fully saturated rings. The highest BCUT2D eigenvalue weighted by molar-refractivity contribution is 5.91. The third-order valence-electron chi connectivity index (χ3n) is 5.48. The van der Waals surface area contributed by atoms with Gasteiger partial charge in [0.25, 0.3) is 5.91 Å². The Kier molecular flexibility index (Phi) is 4.49. The van der Waals surface area contributed by atoms with Crippen molar-refractivity contribution in [2.45, 2.75) is 31.0 Å². The highest BCUT2D eigenvalue weighted by atomic mass is 16.5. The molecule has 1 aromatic carbocycles. The number of fused-ring (bicyclic) bond motifs is 1. The number of nitrogens with two attached hydrogens (primary N) is 1. The van der Waals surface area contributed by atoms with Gasteiger partial charge in [-0.3, -0.25) is 4.79 Å². The van der Waals surface area contributed by atoms with E-state index in [1.165, 1.54) is 11.2 Å². The second-order valence-electron chi connectivity index (χ2n) is 7.95. The number of nitrogen functional groups attached to an aromatic ring is 1. The van der Waals surface area contributed by atoms with E-state index in [2.05, 4.69) is 26.8 Å². The number of ether oxygens (including phenoxy) is 1. The Labute approximate surface area is 179 Å². The average molecular weight is 415 g/mol. The average Bonchev–Trinajstić information content (AvgIpc) is 3.56. The fourth-order valence-corrected chi connectivity index (χ4v) is 3.53. The van der Waals surface area contributed by atoms with Crippen molar-refractivity contribution < 1.29 is 14.6 Å². The number of benzene rings is 1. The number of hydrogen-bond donors (Lipinski definition) is 2. The first-order valence-electron chi connectivity index (χ1n) is 10.1. The van der Waals surface area contributed by atoms with E-state index in [4.69, 9.17) is 10.5 Å². The van der Waals surface area contributed by atoms with Gasteiger partial charge in [0.2, 0.25) is 5.60 Å². The highest BCUT2D eigenvalue weighted by Gasteiger charge is 2.42. The van der Waals surface area contributed by atoms with Crippen molar-refractivity contribution in [2.75, 3.05) is 19.3 Å². The number of hydrogen-bond acceptors (Lipinski definition) is 7. The molecule has 3 heterocycles. The lowest BCUT2D eigenvalue weighted by Gasteiger charge is -2.13. The number of amides is 1. The van der Waals surface area contributed by atoms with Crippen LogP contribution in [-0.2, 0) is 4.79 Å².